The molecule has 0 aromatic heterocycles. The summed E-state index contributed by atoms with van der Waals surface area (Å²) in [6, 6.07) is 0. The first kappa shape index (κ1) is 9.97. The molecule has 0 radical (unpaired) electrons. The molecule has 1 aliphatic carbocycles. The maximum absolute atomic E-state index is 10.9. The standard InChI is InChI=1S/C7H10O6/c8-2-7(13)1-3(9)4(10)5(11)6(7)12/h6,8,10-13H,1-2H2/t6-,7+/m0/s1. The lowest BCUT2D eigenvalue weighted by Gasteiger charge is -2.33. The predicted molar refractivity (Wildman–Crippen MR) is 39.9 cm³/mol. The molecular weight excluding hydrogens is 180 g/mol. The second-order valence-corrected chi connectivity index (χ2v) is 3.00. The van der Waals surface area contributed by atoms with Crippen molar-refractivity contribution in [2.45, 2.75) is 18.1 Å². The van der Waals surface area contributed by atoms with Gasteiger partial charge in [-0.1, -0.05) is 0 Å². The molecule has 5 N–H and O–H groups in total. The number of aliphatic hydroxyl groups excluding tert-OH is 4. The fraction of sp³-hybridized carbons (Fsp3) is 0.571. The highest BCUT2D eigenvalue weighted by atomic mass is 16.4. The normalized spacial score (nSPS) is 35.3. The second kappa shape index (κ2) is 2.99. The second-order valence-electron chi connectivity index (χ2n) is 3.00. The van der Waals surface area contributed by atoms with Gasteiger partial charge in [0.05, 0.1) is 6.61 Å². The lowest BCUT2D eigenvalue weighted by atomic mass is 9.84. The SMILES string of the molecule is O=C1C[C@@](O)(CO)[C@@H](O)C(O)=C1O. The van der Waals surface area contributed by atoms with Gasteiger partial charge in [0.25, 0.3) is 0 Å². The molecule has 0 fully saturated rings. The number of carbonyl (C=O) groups excluding carboxylic acids is 1. The zero-order valence-electron chi connectivity index (χ0n) is 6.64. The largest absolute Gasteiger partial charge is 0.506 e. The van der Waals surface area contributed by atoms with E-state index in [1.165, 1.54) is 0 Å². The monoisotopic (exact) mass is 190 g/mol. The van der Waals surface area contributed by atoms with Crippen molar-refractivity contribution in [2.24, 2.45) is 0 Å². The van der Waals surface area contributed by atoms with Crippen molar-refractivity contribution in [1.82, 2.24) is 0 Å². The number of rotatable bonds is 1. The minimum Gasteiger partial charge on any atom is -0.506 e. The molecule has 0 aliphatic heterocycles. The van der Waals surface area contributed by atoms with Crippen LogP contribution in [-0.2, 0) is 4.79 Å². The van der Waals surface area contributed by atoms with Gasteiger partial charge in [-0.3, -0.25) is 4.79 Å². The highest BCUT2D eigenvalue weighted by Crippen LogP contribution is 2.28. The van der Waals surface area contributed by atoms with Gasteiger partial charge in [0.1, 0.15) is 11.7 Å². The van der Waals surface area contributed by atoms with Gasteiger partial charge < -0.3 is 25.5 Å². The van der Waals surface area contributed by atoms with E-state index in [4.69, 9.17) is 20.4 Å². The van der Waals surface area contributed by atoms with Gasteiger partial charge in [0.15, 0.2) is 11.5 Å². The number of aliphatic hydroxyl groups is 5. The topological polar surface area (TPSA) is 118 Å². The van der Waals surface area contributed by atoms with Crippen LogP contribution in [0.1, 0.15) is 6.42 Å². The van der Waals surface area contributed by atoms with Crippen molar-refractivity contribution in [2.75, 3.05) is 6.61 Å². The summed E-state index contributed by atoms with van der Waals surface area (Å²) in [5.41, 5.74) is -2.10. The van der Waals surface area contributed by atoms with Crippen LogP contribution in [-0.4, -0.2) is 49.6 Å². The number of Topliss-reactive ketones (excluding diaryl/α,β-unsaturated/α-hetero) is 1. The molecule has 1 aliphatic rings. The van der Waals surface area contributed by atoms with Crippen LogP contribution in [0.25, 0.3) is 0 Å². The molecule has 0 heterocycles. The number of allylic oxidation sites excluding steroid dienone is 1. The molecule has 0 amide bonds. The van der Waals surface area contributed by atoms with Crippen LogP contribution in [0.2, 0.25) is 0 Å². The highest BCUT2D eigenvalue weighted by Gasteiger charge is 2.46. The van der Waals surface area contributed by atoms with Crippen molar-refractivity contribution in [3.63, 3.8) is 0 Å². The third-order valence-electron chi connectivity index (χ3n) is 2.02. The molecular formula is C7H10O6. The summed E-state index contributed by atoms with van der Waals surface area (Å²) in [5.74, 6) is -2.89. The summed E-state index contributed by atoms with van der Waals surface area (Å²) in [6.07, 6.45) is -2.46. The van der Waals surface area contributed by atoms with E-state index >= 15 is 0 Å². The Hall–Kier alpha value is -1.11. The van der Waals surface area contributed by atoms with E-state index in [9.17, 15) is 9.90 Å². The molecule has 2 atom stereocenters. The Bertz CT molecular complexity index is 270. The Morgan fingerprint density at radius 3 is 2.46 bits per heavy atom. The summed E-state index contributed by atoms with van der Waals surface area (Å²) < 4.78 is 0. The molecule has 13 heavy (non-hydrogen) atoms. The van der Waals surface area contributed by atoms with Crippen LogP contribution in [0.3, 0.4) is 0 Å². The van der Waals surface area contributed by atoms with Gasteiger partial charge in [0.2, 0.25) is 5.78 Å². The lowest BCUT2D eigenvalue weighted by molar-refractivity contribution is -0.144. The minimum atomic E-state index is -2.10. The molecule has 0 aromatic carbocycles. The van der Waals surface area contributed by atoms with Gasteiger partial charge in [-0.15, -0.1) is 0 Å². The third-order valence-corrected chi connectivity index (χ3v) is 2.02. The molecule has 0 unspecified atom stereocenters. The van der Waals surface area contributed by atoms with Crippen molar-refractivity contribution in [3.05, 3.63) is 11.5 Å². The van der Waals surface area contributed by atoms with Crippen molar-refractivity contribution in [1.29, 1.82) is 0 Å². The summed E-state index contributed by atoms with van der Waals surface area (Å²) >= 11 is 0. The van der Waals surface area contributed by atoms with E-state index < -0.39 is 42.0 Å². The van der Waals surface area contributed by atoms with Crippen molar-refractivity contribution in [3.8, 4) is 0 Å². The summed E-state index contributed by atoms with van der Waals surface area (Å²) in [5, 5.41) is 45.0. The molecule has 6 nitrogen and oxygen atoms in total. The van der Waals surface area contributed by atoms with Gasteiger partial charge >= 0.3 is 0 Å². The van der Waals surface area contributed by atoms with Gasteiger partial charge in [-0.05, 0) is 0 Å². The van der Waals surface area contributed by atoms with Crippen LogP contribution in [0.4, 0.5) is 0 Å². The maximum Gasteiger partial charge on any atom is 0.203 e. The Balaban J connectivity index is 3.09. The predicted octanol–water partition coefficient (Wildman–Crippen LogP) is -1.63. The quantitative estimate of drug-likeness (QED) is 0.339. The zero-order chi connectivity index (χ0) is 10.2. The van der Waals surface area contributed by atoms with E-state index in [1.807, 2.05) is 0 Å². The Morgan fingerprint density at radius 1 is 1.46 bits per heavy atom. The molecule has 74 valence electrons. The van der Waals surface area contributed by atoms with Crippen LogP contribution >= 0.6 is 0 Å². The number of carbonyl (C=O) groups is 1. The summed E-state index contributed by atoms with van der Waals surface area (Å²) in [7, 11) is 0. The maximum atomic E-state index is 10.9. The van der Waals surface area contributed by atoms with Crippen molar-refractivity contribution >= 4 is 5.78 Å². The zero-order valence-corrected chi connectivity index (χ0v) is 6.64. The Labute approximate surface area is 73.4 Å². The van der Waals surface area contributed by atoms with Crippen LogP contribution in [0, 0.1) is 0 Å². The molecule has 1 rings (SSSR count). The Morgan fingerprint density at radius 2 is 2.00 bits per heavy atom. The van der Waals surface area contributed by atoms with E-state index in [0.29, 0.717) is 0 Å². The first-order valence-corrected chi connectivity index (χ1v) is 3.59. The van der Waals surface area contributed by atoms with E-state index in [2.05, 4.69) is 0 Å². The van der Waals surface area contributed by atoms with E-state index in [-0.39, 0.29) is 0 Å². The molecule has 0 aromatic rings. The van der Waals surface area contributed by atoms with Gasteiger partial charge in [0, 0.05) is 6.42 Å². The number of hydrogen-bond acceptors (Lipinski definition) is 6. The number of ketones is 1. The average Bonchev–Trinajstić information content (AvgIpc) is 2.12. The fourth-order valence-electron chi connectivity index (χ4n) is 1.13. The lowest BCUT2D eigenvalue weighted by Crippen LogP contribution is -2.51. The molecule has 0 saturated carbocycles. The van der Waals surface area contributed by atoms with Gasteiger partial charge in [-0.25, -0.2) is 0 Å². The van der Waals surface area contributed by atoms with Crippen LogP contribution in [0.15, 0.2) is 11.5 Å². The molecule has 0 saturated heterocycles. The minimum absolute atomic E-state index is 0.624. The first-order chi connectivity index (χ1) is 5.92. The fourth-order valence-corrected chi connectivity index (χ4v) is 1.13. The van der Waals surface area contributed by atoms with Crippen molar-refractivity contribution < 1.29 is 30.3 Å². The molecule has 6 heteroatoms. The highest BCUT2D eigenvalue weighted by molar-refractivity contribution is 5.95. The smallest absolute Gasteiger partial charge is 0.203 e. The molecule has 0 bridgehead atoms. The first-order valence-electron chi connectivity index (χ1n) is 3.59. The Kier molecular flexibility index (Phi) is 2.29. The summed E-state index contributed by atoms with van der Waals surface area (Å²) in [4.78, 5) is 10.9. The van der Waals surface area contributed by atoms with Crippen LogP contribution < -0.4 is 0 Å². The summed E-state index contributed by atoms with van der Waals surface area (Å²) in [6.45, 7) is -0.878. The average molecular weight is 190 g/mol. The number of hydrogen-bond donors (Lipinski definition) is 5. The van der Waals surface area contributed by atoms with E-state index in [0.717, 1.165) is 0 Å². The van der Waals surface area contributed by atoms with E-state index in [1.54, 1.807) is 0 Å². The van der Waals surface area contributed by atoms with Crippen LogP contribution in [0.5, 0.6) is 0 Å². The third kappa shape index (κ3) is 1.39. The van der Waals surface area contributed by atoms with Gasteiger partial charge in [-0.2, -0.15) is 0 Å². The molecule has 0 spiro atoms.